The smallest absolute Gasteiger partial charge is 0.138 e. The highest BCUT2D eigenvalue weighted by Gasteiger charge is 2.01. The van der Waals surface area contributed by atoms with E-state index in [1.165, 1.54) is 11.3 Å². The van der Waals surface area contributed by atoms with E-state index in [2.05, 4.69) is 24.1 Å². The molecular formula is C14H17ClN2OS. The SMILES string of the molecule is CC(C)NCc1ccc(OCc2ccc(Cl)s2)cn1. The van der Waals surface area contributed by atoms with Gasteiger partial charge in [0.15, 0.2) is 0 Å². The first-order chi connectivity index (χ1) is 9.13. The van der Waals surface area contributed by atoms with Gasteiger partial charge in [0, 0.05) is 17.5 Å². The van der Waals surface area contributed by atoms with Gasteiger partial charge in [-0.25, -0.2) is 0 Å². The van der Waals surface area contributed by atoms with Gasteiger partial charge in [0.2, 0.25) is 0 Å². The molecule has 0 atom stereocenters. The zero-order chi connectivity index (χ0) is 13.7. The van der Waals surface area contributed by atoms with E-state index in [1.807, 2.05) is 24.3 Å². The number of nitrogens with zero attached hydrogens (tertiary/aromatic N) is 1. The number of hydrogen-bond donors (Lipinski definition) is 1. The quantitative estimate of drug-likeness (QED) is 0.878. The summed E-state index contributed by atoms with van der Waals surface area (Å²) in [5.41, 5.74) is 1.01. The summed E-state index contributed by atoms with van der Waals surface area (Å²) in [7, 11) is 0. The number of rotatable bonds is 6. The first kappa shape index (κ1) is 14.3. The molecule has 2 aromatic heterocycles. The zero-order valence-electron chi connectivity index (χ0n) is 11.0. The minimum atomic E-state index is 0.460. The van der Waals surface area contributed by atoms with Crippen LogP contribution in [0.1, 0.15) is 24.4 Å². The summed E-state index contributed by atoms with van der Waals surface area (Å²) in [6, 6.07) is 8.23. The van der Waals surface area contributed by atoms with Crippen molar-refractivity contribution in [1.29, 1.82) is 0 Å². The van der Waals surface area contributed by atoms with Crippen LogP contribution < -0.4 is 10.1 Å². The Bertz CT molecular complexity index is 510. The van der Waals surface area contributed by atoms with Gasteiger partial charge >= 0.3 is 0 Å². The predicted molar refractivity (Wildman–Crippen MR) is 79.9 cm³/mol. The summed E-state index contributed by atoms with van der Waals surface area (Å²) in [6.45, 7) is 5.54. The fraction of sp³-hybridized carbons (Fsp3) is 0.357. The second-order valence-electron chi connectivity index (χ2n) is 4.52. The highest BCUT2D eigenvalue weighted by molar-refractivity contribution is 7.16. The molecular weight excluding hydrogens is 280 g/mol. The standard InChI is InChI=1S/C14H17ClN2OS/c1-10(2)16-7-11-3-4-12(8-17-11)18-9-13-5-6-14(15)19-13/h3-6,8,10,16H,7,9H2,1-2H3. The van der Waals surface area contributed by atoms with Crippen LogP contribution in [0, 0.1) is 0 Å². The van der Waals surface area contributed by atoms with Crippen LogP contribution in [0.2, 0.25) is 4.34 Å². The molecule has 2 aromatic rings. The second kappa shape index (κ2) is 6.89. The molecule has 19 heavy (non-hydrogen) atoms. The monoisotopic (exact) mass is 296 g/mol. The molecule has 102 valence electrons. The largest absolute Gasteiger partial charge is 0.486 e. The molecule has 0 aliphatic rings. The van der Waals surface area contributed by atoms with Crippen LogP contribution >= 0.6 is 22.9 Å². The fourth-order valence-electron chi connectivity index (χ4n) is 1.49. The summed E-state index contributed by atoms with van der Waals surface area (Å²) in [5, 5.41) is 3.33. The first-order valence-corrected chi connectivity index (χ1v) is 7.38. The van der Waals surface area contributed by atoms with Crippen molar-refractivity contribution in [2.24, 2.45) is 0 Å². The van der Waals surface area contributed by atoms with E-state index >= 15 is 0 Å². The lowest BCUT2D eigenvalue weighted by Gasteiger charge is -2.08. The molecule has 2 rings (SSSR count). The van der Waals surface area contributed by atoms with Crippen molar-refractivity contribution in [3.8, 4) is 5.75 Å². The molecule has 0 saturated heterocycles. The highest BCUT2D eigenvalue weighted by atomic mass is 35.5. The van der Waals surface area contributed by atoms with E-state index < -0.39 is 0 Å². The van der Waals surface area contributed by atoms with E-state index in [-0.39, 0.29) is 0 Å². The molecule has 0 radical (unpaired) electrons. The Morgan fingerprint density at radius 3 is 2.74 bits per heavy atom. The normalized spacial score (nSPS) is 10.9. The van der Waals surface area contributed by atoms with Gasteiger partial charge in [-0.15, -0.1) is 11.3 Å². The maximum atomic E-state index is 5.87. The molecule has 0 saturated carbocycles. The lowest BCUT2D eigenvalue weighted by atomic mass is 10.3. The Balaban J connectivity index is 1.84. The number of pyridine rings is 1. The number of nitrogens with one attached hydrogen (secondary N) is 1. The van der Waals surface area contributed by atoms with Gasteiger partial charge in [-0.05, 0) is 24.3 Å². The number of halogens is 1. The van der Waals surface area contributed by atoms with Crippen molar-refractivity contribution in [3.63, 3.8) is 0 Å². The minimum absolute atomic E-state index is 0.460. The third-order valence-electron chi connectivity index (χ3n) is 2.50. The van der Waals surface area contributed by atoms with Gasteiger partial charge < -0.3 is 10.1 Å². The Morgan fingerprint density at radius 1 is 1.32 bits per heavy atom. The van der Waals surface area contributed by atoms with Crippen LogP contribution in [0.5, 0.6) is 5.75 Å². The average molecular weight is 297 g/mol. The minimum Gasteiger partial charge on any atom is -0.486 e. The maximum absolute atomic E-state index is 5.87. The van der Waals surface area contributed by atoms with Crippen LogP contribution in [-0.4, -0.2) is 11.0 Å². The lowest BCUT2D eigenvalue weighted by Crippen LogP contribution is -2.22. The Labute approximate surface area is 122 Å². The summed E-state index contributed by atoms with van der Waals surface area (Å²) in [5.74, 6) is 0.776. The topological polar surface area (TPSA) is 34.1 Å². The molecule has 1 N–H and O–H groups in total. The van der Waals surface area contributed by atoms with Gasteiger partial charge in [-0.1, -0.05) is 25.4 Å². The van der Waals surface area contributed by atoms with Gasteiger partial charge in [-0.2, -0.15) is 0 Å². The zero-order valence-corrected chi connectivity index (χ0v) is 12.6. The van der Waals surface area contributed by atoms with E-state index in [0.717, 1.165) is 27.2 Å². The summed E-state index contributed by atoms with van der Waals surface area (Å²) < 4.78 is 6.44. The summed E-state index contributed by atoms with van der Waals surface area (Å²) in [6.07, 6.45) is 1.76. The van der Waals surface area contributed by atoms with Crippen LogP contribution in [-0.2, 0) is 13.2 Å². The Hall–Kier alpha value is -1.10. The third kappa shape index (κ3) is 4.82. The highest BCUT2D eigenvalue weighted by Crippen LogP contribution is 2.22. The van der Waals surface area contributed by atoms with Crippen molar-refractivity contribution >= 4 is 22.9 Å². The van der Waals surface area contributed by atoms with Crippen molar-refractivity contribution < 1.29 is 4.74 Å². The van der Waals surface area contributed by atoms with Gasteiger partial charge in [0.25, 0.3) is 0 Å². The molecule has 0 bridgehead atoms. The van der Waals surface area contributed by atoms with Gasteiger partial charge in [-0.3, -0.25) is 4.98 Å². The molecule has 2 heterocycles. The van der Waals surface area contributed by atoms with E-state index in [9.17, 15) is 0 Å². The molecule has 3 nitrogen and oxygen atoms in total. The van der Waals surface area contributed by atoms with Crippen LogP contribution in [0.25, 0.3) is 0 Å². The third-order valence-corrected chi connectivity index (χ3v) is 3.70. The van der Waals surface area contributed by atoms with Crippen LogP contribution in [0.15, 0.2) is 30.5 Å². The number of aromatic nitrogens is 1. The summed E-state index contributed by atoms with van der Waals surface area (Å²) in [4.78, 5) is 5.46. The van der Waals surface area contributed by atoms with E-state index in [1.54, 1.807) is 6.20 Å². The second-order valence-corrected chi connectivity index (χ2v) is 6.31. The van der Waals surface area contributed by atoms with Crippen molar-refractivity contribution in [2.75, 3.05) is 0 Å². The molecule has 0 unspecified atom stereocenters. The predicted octanol–water partition coefficient (Wildman–Crippen LogP) is 3.87. The average Bonchev–Trinajstić information content (AvgIpc) is 2.81. The van der Waals surface area contributed by atoms with Crippen LogP contribution in [0.4, 0.5) is 0 Å². The van der Waals surface area contributed by atoms with Gasteiger partial charge in [0.1, 0.15) is 12.4 Å². The lowest BCUT2D eigenvalue weighted by molar-refractivity contribution is 0.308. The van der Waals surface area contributed by atoms with E-state index in [0.29, 0.717) is 12.6 Å². The Kier molecular flexibility index (Phi) is 5.19. The molecule has 0 aliphatic carbocycles. The van der Waals surface area contributed by atoms with Crippen molar-refractivity contribution in [3.05, 3.63) is 45.4 Å². The van der Waals surface area contributed by atoms with Crippen molar-refractivity contribution in [1.82, 2.24) is 10.3 Å². The van der Waals surface area contributed by atoms with Crippen molar-refractivity contribution in [2.45, 2.75) is 33.0 Å². The molecule has 5 heteroatoms. The number of ether oxygens (including phenoxy) is 1. The van der Waals surface area contributed by atoms with Crippen LogP contribution in [0.3, 0.4) is 0 Å². The number of thiophene rings is 1. The molecule has 0 amide bonds. The maximum Gasteiger partial charge on any atom is 0.138 e. The first-order valence-electron chi connectivity index (χ1n) is 6.19. The fourth-order valence-corrected chi connectivity index (χ4v) is 2.49. The molecule has 0 spiro atoms. The van der Waals surface area contributed by atoms with Gasteiger partial charge in [0.05, 0.1) is 16.2 Å². The Morgan fingerprint density at radius 2 is 2.16 bits per heavy atom. The van der Waals surface area contributed by atoms with E-state index in [4.69, 9.17) is 16.3 Å². The summed E-state index contributed by atoms with van der Waals surface area (Å²) >= 11 is 7.40. The molecule has 0 aromatic carbocycles. The number of hydrogen-bond acceptors (Lipinski definition) is 4. The molecule has 0 fully saturated rings. The molecule has 0 aliphatic heterocycles.